The monoisotopic (exact) mass is 528 g/mol. The van der Waals surface area contributed by atoms with Crippen LogP contribution in [0.3, 0.4) is 0 Å². The normalized spacial score (nSPS) is 10.6. The average Bonchev–Trinajstić information content (AvgIpc) is 2.82. The largest absolute Gasteiger partial charge is 0.345 e. The Labute approximate surface area is 226 Å². The number of carbonyl (C=O) groups excluding carboxylic acids is 4. The maximum absolute atomic E-state index is 11.9. The van der Waals surface area contributed by atoms with Crippen molar-refractivity contribution in [3.8, 4) is 0 Å². The topological polar surface area (TPSA) is 87.7 Å². The van der Waals surface area contributed by atoms with Crippen LogP contribution in [0.25, 0.3) is 0 Å². The third-order valence-electron chi connectivity index (χ3n) is 5.85. The van der Waals surface area contributed by atoms with Crippen LogP contribution in [0.15, 0.2) is 0 Å². The number of rotatable bonds is 17. The zero-order valence-electron chi connectivity index (χ0n) is 25.5. The highest BCUT2D eigenvalue weighted by atomic mass is 16.2. The summed E-state index contributed by atoms with van der Waals surface area (Å²) in [4.78, 5) is 57.7. The number of unbranched alkanes of at least 4 members (excludes halogenated alkanes) is 1. The molecule has 0 heterocycles. The molecule has 0 bridgehead atoms. The Hall–Kier alpha value is -2.20. The molecule has 0 N–H and O–H groups in total. The van der Waals surface area contributed by atoms with Crippen LogP contribution in [0.4, 0.5) is 0 Å². The van der Waals surface area contributed by atoms with Gasteiger partial charge >= 0.3 is 0 Å². The van der Waals surface area contributed by atoms with Gasteiger partial charge in [-0.2, -0.15) is 0 Å². The van der Waals surface area contributed by atoms with Gasteiger partial charge in [0, 0.05) is 54.4 Å². The third kappa shape index (κ3) is 18.7. The summed E-state index contributed by atoms with van der Waals surface area (Å²) >= 11 is 0. The first-order valence-corrected chi connectivity index (χ1v) is 13.7. The maximum Gasteiger partial charge on any atom is 0.236 e. The summed E-state index contributed by atoms with van der Waals surface area (Å²) in [5, 5.41) is 0. The summed E-state index contributed by atoms with van der Waals surface area (Å²) in [6.45, 7) is 12.5. The van der Waals surface area contributed by atoms with Crippen LogP contribution < -0.4 is 0 Å². The molecule has 0 unspecified atom stereocenters. The first-order valence-electron chi connectivity index (χ1n) is 13.7. The second-order valence-electron chi connectivity index (χ2n) is 9.96. The molecule has 10 nitrogen and oxygen atoms in total. The zero-order chi connectivity index (χ0) is 29.0. The predicted molar refractivity (Wildman–Crippen MR) is 151 cm³/mol. The first kappa shape index (κ1) is 37.0. The molecule has 0 fully saturated rings. The van der Waals surface area contributed by atoms with Crippen molar-refractivity contribution in [1.82, 2.24) is 29.4 Å². The molecule has 0 aromatic carbocycles. The Morgan fingerprint density at radius 2 is 0.649 bits per heavy atom. The predicted octanol–water partition coefficient (Wildman–Crippen LogP) is 1.70. The van der Waals surface area contributed by atoms with E-state index in [4.69, 9.17) is 0 Å². The minimum atomic E-state index is 0.0605. The SMILES string of the molecule is CCCCN(C)C(=O)CN(C)CC(=O)N(C)CCC.CCCN(C)C(=O)CN(C)CC(=O)N(C)CCC. The van der Waals surface area contributed by atoms with Gasteiger partial charge in [0.1, 0.15) is 0 Å². The highest BCUT2D eigenvalue weighted by Crippen LogP contribution is 1.97. The van der Waals surface area contributed by atoms with Crippen molar-refractivity contribution in [3.63, 3.8) is 0 Å². The number of nitrogens with zero attached hydrogens (tertiary/aromatic N) is 6. The van der Waals surface area contributed by atoms with Crippen molar-refractivity contribution in [2.45, 2.75) is 59.8 Å². The van der Waals surface area contributed by atoms with E-state index in [1.807, 2.05) is 34.9 Å². The van der Waals surface area contributed by atoms with E-state index < -0.39 is 0 Å². The molecule has 0 spiro atoms. The molecule has 0 radical (unpaired) electrons. The Balaban J connectivity index is 0. The second kappa shape index (κ2) is 21.8. The first-order chi connectivity index (χ1) is 17.3. The Morgan fingerprint density at radius 1 is 0.405 bits per heavy atom. The third-order valence-corrected chi connectivity index (χ3v) is 5.85. The van der Waals surface area contributed by atoms with E-state index in [2.05, 4.69) is 6.92 Å². The van der Waals surface area contributed by atoms with E-state index in [9.17, 15) is 19.2 Å². The summed E-state index contributed by atoms with van der Waals surface area (Å²) < 4.78 is 0. The van der Waals surface area contributed by atoms with Gasteiger partial charge in [-0.15, -0.1) is 0 Å². The van der Waals surface area contributed by atoms with Gasteiger partial charge in [0.25, 0.3) is 0 Å². The van der Waals surface area contributed by atoms with Gasteiger partial charge in [-0.25, -0.2) is 0 Å². The molecule has 0 aromatic rings. The number of hydrogen-bond donors (Lipinski definition) is 0. The lowest BCUT2D eigenvalue weighted by Crippen LogP contribution is -2.42. The number of carbonyl (C=O) groups is 4. The van der Waals surface area contributed by atoms with Crippen LogP contribution in [0.5, 0.6) is 0 Å². The van der Waals surface area contributed by atoms with Crippen LogP contribution in [0.2, 0.25) is 0 Å². The van der Waals surface area contributed by atoms with Crippen LogP contribution >= 0.6 is 0 Å². The Bertz CT molecular complexity index is 635. The van der Waals surface area contributed by atoms with Gasteiger partial charge in [-0.3, -0.25) is 29.0 Å². The summed E-state index contributed by atoms with van der Waals surface area (Å²) in [5.74, 6) is 0.255. The molecular weight excluding hydrogens is 472 g/mol. The summed E-state index contributed by atoms with van der Waals surface area (Å²) in [6.07, 6.45) is 4.94. The highest BCUT2D eigenvalue weighted by Gasteiger charge is 2.16. The molecule has 0 rings (SSSR count). The molecular formula is C27H56N6O4. The molecule has 0 aromatic heterocycles. The van der Waals surface area contributed by atoms with Crippen LogP contribution in [-0.4, -0.2) is 148 Å². The van der Waals surface area contributed by atoms with E-state index in [-0.39, 0.29) is 23.6 Å². The quantitative estimate of drug-likeness (QED) is 0.286. The zero-order valence-corrected chi connectivity index (χ0v) is 25.5. The van der Waals surface area contributed by atoms with Crippen molar-refractivity contribution in [2.75, 3.05) is 94.6 Å². The van der Waals surface area contributed by atoms with Gasteiger partial charge in [-0.05, 0) is 39.8 Å². The molecule has 0 atom stereocenters. The summed E-state index contributed by atoms with van der Waals surface area (Å²) in [5.41, 5.74) is 0. The Morgan fingerprint density at radius 3 is 0.865 bits per heavy atom. The van der Waals surface area contributed by atoms with E-state index in [0.29, 0.717) is 26.2 Å². The van der Waals surface area contributed by atoms with Crippen molar-refractivity contribution < 1.29 is 19.2 Å². The molecule has 0 aliphatic carbocycles. The van der Waals surface area contributed by atoms with Crippen molar-refractivity contribution in [2.24, 2.45) is 0 Å². The fourth-order valence-electron chi connectivity index (χ4n) is 3.42. The lowest BCUT2D eigenvalue weighted by Gasteiger charge is -2.23. The molecule has 4 amide bonds. The van der Waals surface area contributed by atoms with Crippen molar-refractivity contribution in [3.05, 3.63) is 0 Å². The lowest BCUT2D eigenvalue weighted by atomic mass is 10.3. The Kier molecular flexibility index (Phi) is 21.8. The van der Waals surface area contributed by atoms with Crippen molar-refractivity contribution >= 4 is 23.6 Å². The highest BCUT2D eigenvalue weighted by molar-refractivity contribution is 5.81. The van der Waals surface area contributed by atoms with E-state index >= 15 is 0 Å². The molecule has 218 valence electrons. The van der Waals surface area contributed by atoms with Crippen LogP contribution in [-0.2, 0) is 19.2 Å². The minimum Gasteiger partial charge on any atom is -0.345 e. The summed E-state index contributed by atoms with van der Waals surface area (Å²) in [7, 11) is 10.8. The minimum absolute atomic E-state index is 0.0605. The van der Waals surface area contributed by atoms with Gasteiger partial charge in [0.2, 0.25) is 23.6 Å². The molecule has 0 saturated heterocycles. The van der Waals surface area contributed by atoms with Gasteiger partial charge < -0.3 is 19.6 Å². The number of hydrogen-bond acceptors (Lipinski definition) is 6. The fraction of sp³-hybridized carbons (Fsp3) is 0.852. The number of likely N-dealkylation sites (N-methyl/N-ethyl adjacent to an activating group) is 6. The average molecular weight is 529 g/mol. The lowest BCUT2D eigenvalue weighted by molar-refractivity contribution is -0.135. The summed E-state index contributed by atoms with van der Waals surface area (Å²) in [6, 6.07) is 0. The van der Waals surface area contributed by atoms with E-state index in [1.165, 1.54) is 0 Å². The molecule has 37 heavy (non-hydrogen) atoms. The van der Waals surface area contributed by atoms with E-state index in [1.54, 1.807) is 57.6 Å². The van der Waals surface area contributed by atoms with Gasteiger partial charge in [-0.1, -0.05) is 34.1 Å². The van der Waals surface area contributed by atoms with Gasteiger partial charge in [0.15, 0.2) is 0 Å². The standard InChI is InChI=1S/C14H29N3O2.C13H27N3O2/c1-6-8-10-17(5)14(19)12-15(3)11-13(18)16(4)9-7-2;1-6-8-15(4)12(17)10-14(3)11-13(18)16(5)9-7-2/h6-12H2,1-5H3;6-11H2,1-5H3. The second-order valence-corrected chi connectivity index (χ2v) is 9.96. The van der Waals surface area contributed by atoms with Crippen LogP contribution in [0, 0.1) is 0 Å². The molecule has 0 aliphatic rings. The number of amides is 4. The van der Waals surface area contributed by atoms with E-state index in [0.717, 1.165) is 58.3 Å². The molecule has 0 aliphatic heterocycles. The smallest absolute Gasteiger partial charge is 0.236 e. The van der Waals surface area contributed by atoms with Gasteiger partial charge in [0.05, 0.1) is 26.2 Å². The fourth-order valence-corrected chi connectivity index (χ4v) is 3.42. The molecule has 0 saturated carbocycles. The maximum atomic E-state index is 11.9. The molecule has 10 heteroatoms. The van der Waals surface area contributed by atoms with Crippen LogP contribution in [0.1, 0.15) is 59.8 Å². The van der Waals surface area contributed by atoms with Crippen molar-refractivity contribution in [1.29, 1.82) is 0 Å².